The zero-order valence-corrected chi connectivity index (χ0v) is 28.4. The van der Waals surface area contributed by atoms with Crippen molar-refractivity contribution in [1.82, 2.24) is 15.0 Å². The smallest absolute Gasteiger partial charge is 0.164 e. The third-order valence-corrected chi connectivity index (χ3v) is 10.7. The standard InChI is InChI=1S/C48H33N3/c1-48(2)42-29-33(24-25-38(42)41-27-26-40-37-22-10-9-20-35(37)36-21-11-12-23-39(36)43(40)44(41)48)32-18-13-19-34(28-32)47-50-45(30-14-5-3-6-15-30)49-46(51-47)31-16-7-4-8-17-31/h3-29H,1-2H3. The summed E-state index contributed by atoms with van der Waals surface area (Å²) in [6, 6.07) is 58.3. The van der Waals surface area contributed by atoms with Crippen LogP contribution in [0, 0.1) is 0 Å². The van der Waals surface area contributed by atoms with Crippen LogP contribution in [0.5, 0.6) is 0 Å². The largest absolute Gasteiger partial charge is 0.208 e. The lowest BCUT2D eigenvalue weighted by Crippen LogP contribution is -2.15. The zero-order valence-electron chi connectivity index (χ0n) is 28.4. The third-order valence-electron chi connectivity index (χ3n) is 10.7. The molecule has 0 unspecified atom stereocenters. The first kappa shape index (κ1) is 29.5. The Bertz CT molecular complexity index is 2730. The topological polar surface area (TPSA) is 38.7 Å². The highest BCUT2D eigenvalue weighted by atomic mass is 15.0. The average Bonchev–Trinajstić information content (AvgIpc) is 3.43. The van der Waals surface area contributed by atoms with Gasteiger partial charge in [0.25, 0.3) is 0 Å². The van der Waals surface area contributed by atoms with Crippen molar-refractivity contribution < 1.29 is 0 Å². The van der Waals surface area contributed by atoms with E-state index in [1.807, 2.05) is 60.7 Å². The number of aromatic nitrogens is 3. The highest BCUT2D eigenvalue weighted by Gasteiger charge is 2.38. The van der Waals surface area contributed by atoms with Gasteiger partial charge in [0.2, 0.25) is 0 Å². The van der Waals surface area contributed by atoms with E-state index in [0.717, 1.165) is 22.3 Å². The van der Waals surface area contributed by atoms with Crippen molar-refractivity contribution in [2.45, 2.75) is 19.3 Å². The second-order valence-electron chi connectivity index (χ2n) is 14.0. The van der Waals surface area contributed by atoms with Crippen LogP contribution in [0.2, 0.25) is 0 Å². The predicted octanol–water partition coefficient (Wildman–Crippen LogP) is 12.3. The maximum atomic E-state index is 5.00. The molecule has 0 fully saturated rings. The number of rotatable bonds is 4. The summed E-state index contributed by atoms with van der Waals surface area (Å²) in [7, 11) is 0. The van der Waals surface area contributed by atoms with Crippen molar-refractivity contribution in [1.29, 1.82) is 0 Å². The second kappa shape index (κ2) is 11.3. The third kappa shape index (κ3) is 4.62. The van der Waals surface area contributed by atoms with E-state index in [0.29, 0.717) is 17.5 Å². The monoisotopic (exact) mass is 651 g/mol. The molecule has 0 N–H and O–H groups in total. The average molecular weight is 652 g/mol. The van der Waals surface area contributed by atoms with Gasteiger partial charge in [-0.3, -0.25) is 0 Å². The summed E-state index contributed by atoms with van der Waals surface area (Å²) < 4.78 is 0. The van der Waals surface area contributed by atoms with Crippen LogP contribution in [0.4, 0.5) is 0 Å². The Hall–Kier alpha value is -6.45. The molecule has 240 valence electrons. The van der Waals surface area contributed by atoms with Gasteiger partial charge in [0.15, 0.2) is 17.5 Å². The minimum absolute atomic E-state index is 0.202. The molecule has 1 aliphatic rings. The van der Waals surface area contributed by atoms with Crippen LogP contribution in [-0.4, -0.2) is 15.0 Å². The lowest BCUT2D eigenvalue weighted by atomic mass is 9.78. The summed E-state index contributed by atoms with van der Waals surface area (Å²) in [5.41, 5.74) is 10.4. The van der Waals surface area contributed by atoms with E-state index in [1.54, 1.807) is 0 Å². The van der Waals surface area contributed by atoms with Gasteiger partial charge in [-0.15, -0.1) is 0 Å². The molecule has 0 spiro atoms. The Labute approximate surface area is 297 Å². The lowest BCUT2D eigenvalue weighted by Gasteiger charge is -2.25. The fourth-order valence-corrected chi connectivity index (χ4v) is 8.26. The summed E-state index contributed by atoms with van der Waals surface area (Å²) in [6.45, 7) is 4.78. The highest BCUT2D eigenvalue weighted by Crippen LogP contribution is 2.54. The van der Waals surface area contributed by atoms with Gasteiger partial charge in [-0.25, -0.2) is 15.0 Å². The summed E-state index contributed by atoms with van der Waals surface area (Å²) in [5, 5.41) is 7.92. The van der Waals surface area contributed by atoms with Crippen molar-refractivity contribution >= 4 is 32.3 Å². The maximum Gasteiger partial charge on any atom is 0.164 e. The van der Waals surface area contributed by atoms with Gasteiger partial charge in [0.1, 0.15) is 0 Å². The molecule has 0 amide bonds. The number of hydrogen-bond donors (Lipinski definition) is 0. The van der Waals surface area contributed by atoms with Gasteiger partial charge in [-0.05, 0) is 77.8 Å². The Morgan fingerprint density at radius 3 is 1.43 bits per heavy atom. The molecule has 51 heavy (non-hydrogen) atoms. The van der Waals surface area contributed by atoms with Crippen LogP contribution in [-0.2, 0) is 5.41 Å². The zero-order chi connectivity index (χ0) is 34.1. The Morgan fingerprint density at radius 2 is 0.804 bits per heavy atom. The predicted molar refractivity (Wildman–Crippen MR) is 212 cm³/mol. The minimum atomic E-state index is -0.202. The molecule has 1 heterocycles. The molecular formula is C48H33N3. The molecular weight excluding hydrogens is 619 g/mol. The Balaban J connectivity index is 1.11. The fraction of sp³-hybridized carbons (Fsp3) is 0.0625. The van der Waals surface area contributed by atoms with Crippen LogP contribution in [0.15, 0.2) is 164 Å². The molecule has 1 aromatic heterocycles. The molecule has 0 bridgehead atoms. The summed E-state index contributed by atoms with van der Waals surface area (Å²) in [5.74, 6) is 1.98. The summed E-state index contributed by atoms with van der Waals surface area (Å²) in [4.78, 5) is 14.9. The van der Waals surface area contributed by atoms with Crippen LogP contribution >= 0.6 is 0 Å². The number of nitrogens with zero attached hydrogens (tertiary/aromatic N) is 3. The molecule has 0 saturated heterocycles. The van der Waals surface area contributed by atoms with Crippen molar-refractivity contribution in [3.05, 3.63) is 175 Å². The molecule has 0 atom stereocenters. The molecule has 1 aliphatic carbocycles. The molecule has 8 aromatic carbocycles. The SMILES string of the molecule is CC1(C)c2cc(-c3cccc(-c4nc(-c5ccccc5)nc(-c5ccccc5)n4)c3)ccc2-c2ccc3c4ccccc4c4ccccc4c3c21. The maximum absolute atomic E-state index is 5.00. The summed E-state index contributed by atoms with van der Waals surface area (Å²) in [6.07, 6.45) is 0. The van der Waals surface area contributed by atoms with Crippen molar-refractivity contribution in [2.24, 2.45) is 0 Å². The first-order chi connectivity index (χ1) is 25.0. The second-order valence-corrected chi connectivity index (χ2v) is 14.0. The van der Waals surface area contributed by atoms with Gasteiger partial charge in [0, 0.05) is 22.1 Å². The summed E-state index contributed by atoms with van der Waals surface area (Å²) >= 11 is 0. The van der Waals surface area contributed by atoms with E-state index >= 15 is 0 Å². The number of fused-ring (bicyclic) bond motifs is 10. The van der Waals surface area contributed by atoms with E-state index in [1.165, 1.54) is 60.1 Å². The first-order valence-corrected chi connectivity index (χ1v) is 17.5. The van der Waals surface area contributed by atoms with E-state index < -0.39 is 0 Å². The van der Waals surface area contributed by atoms with E-state index in [2.05, 4.69) is 117 Å². The van der Waals surface area contributed by atoms with Gasteiger partial charge >= 0.3 is 0 Å². The van der Waals surface area contributed by atoms with Gasteiger partial charge in [-0.2, -0.15) is 0 Å². The lowest BCUT2D eigenvalue weighted by molar-refractivity contribution is 0.667. The van der Waals surface area contributed by atoms with Gasteiger partial charge < -0.3 is 0 Å². The van der Waals surface area contributed by atoms with Crippen molar-refractivity contribution in [2.75, 3.05) is 0 Å². The van der Waals surface area contributed by atoms with Crippen LogP contribution in [0.25, 0.3) is 88.7 Å². The van der Waals surface area contributed by atoms with Gasteiger partial charge in [-0.1, -0.05) is 166 Å². The molecule has 0 aliphatic heterocycles. The molecule has 3 heteroatoms. The molecule has 0 saturated carbocycles. The number of benzene rings is 8. The van der Waals surface area contributed by atoms with Crippen LogP contribution in [0.1, 0.15) is 25.0 Å². The van der Waals surface area contributed by atoms with Crippen LogP contribution < -0.4 is 0 Å². The molecule has 9 aromatic rings. The minimum Gasteiger partial charge on any atom is -0.208 e. The quantitative estimate of drug-likeness (QED) is 0.178. The molecule has 10 rings (SSSR count). The molecule has 0 radical (unpaired) electrons. The molecule has 3 nitrogen and oxygen atoms in total. The van der Waals surface area contributed by atoms with Crippen molar-refractivity contribution in [3.63, 3.8) is 0 Å². The highest BCUT2D eigenvalue weighted by molar-refractivity contribution is 6.27. The van der Waals surface area contributed by atoms with E-state index in [4.69, 9.17) is 15.0 Å². The van der Waals surface area contributed by atoms with Crippen LogP contribution in [0.3, 0.4) is 0 Å². The Kier molecular flexibility index (Phi) is 6.53. The van der Waals surface area contributed by atoms with E-state index in [-0.39, 0.29) is 5.41 Å². The fourth-order valence-electron chi connectivity index (χ4n) is 8.26. The van der Waals surface area contributed by atoms with Crippen molar-refractivity contribution in [3.8, 4) is 56.4 Å². The Morgan fingerprint density at radius 1 is 0.353 bits per heavy atom. The first-order valence-electron chi connectivity index (χ1n) is 17.5. The number of hydrogen-bond acceptors (Lipinski definition) is 3. The normalized spacial score (nSPS) is 13.1. The van der Waals surface area contributed by atoms with E-state index in [9.17, 15) is 0 Å². The van der Waals surface area contributed by atoms with Gasteiger partial charge in [0.05, 0.1) is 0 Å².